The molecule has 0 saturated carbocycles. The van der Waals surface area contributed by atoms with Gasteiger partial charge in [-0.25, -0.2) is 0 Å². The van der Waals surface area contributed by atoms with Gasteiger partial charge in [0.15, 0.2) is 13.9 Å². The zero-order valence-electron chi connectivity index (χ0n) is 31.6. The van der Waals surface area contributed by atoms with Crippen LogP contribution in [0.25, 0.3) is 0 Å². The molecule has 0 aliphatic carbocycles. The van der Waals surface area contributed by atoms with Gasteiger partial charge < -0.3 is 34.2 Å². The van der Waals surface area contributed by atoms with Crippen molar-refractivity contribution in [3.8, 4) is 0 Å². The van der Waals surface area contributed by atoms with Crippen molar-refractivity contribution < 1.29 is 33.8 Å². The first-order valence-electron chi connectivity index (χ1n) is 19.4. The zero-order valence-corrected chi connectivity index (χ0v) is 32.6. The van der Waals surface area contributed by atoms with Crippen LogP contribution in [0.2, 0.25) is 18.6 Å². The SMILES string of the molecule is C[C@@H]1[C@@H]([Si](C)(C)O)[C@H](CC(=O)N(CCO)Cc2ccccc2)O[C@@]12C(=O)N(Cc1cccc(N3CCCCC3=O)c1)c1ccc(N3CCCCC3=O)cc12. The summed E-state index contributed by atoms with van der Waals surface area (Å²) in [5, 5.41) is 9.91. The lowest BCUT2D eigenvalue weighted by molar-refractivity contribution is -0.150. The van der Waals surface area contributed by atoms with Crippen LogP contribution in [0.5, 0.6) is 0 Å². The quantitative estimate of drug-likeness (QED) is 0.248. The van der Waals surface area contributed by atoms with Gasteiger partial charge in [-0.05, 0) is 80.2 Å². The first-order valence-corrected chi connectivity index (χ1v) is 22.4. The Hall–Kier alpha value is -4.36. The average molecular weight is 753 g/mol. The van der Waals surface area contributed by atoms with Crippen molar-refractivity contribution in [2.45, 2.75) is 95.3 Å². The Kier molecular flexibility index (Phi) is 10.8. The molecule has 12 heteroatoms. The second kappa shape index (κ2) is 15.4. The van der Waals surface area contributed by atoms with E-state index >= 15 is 4.79 Å². The summed E-state index contributed by atoms with van der Waals surface area (Å²) in [4.78, 5) is 74.1. The van der Waals surface area contributed by atoms with Gasteiger partial charge >= 0.3 is 0 Å². The number of nitrogens with zero attached hydrogens (tertiary/aromatic N) is 4. The Morgan fingerprint density at radius 2 is 1.52 bits per heavy atom. The van der Waals surface area contributed by atoms with Gasteiger partial charge in [0, 0.05) is 67.4 Å². The Balaban J connectivity index is 1.27. The molecular formula is C42H52N4O7Si. The Morgan fingerprint density at radius 1 is 0.870 bits per heavy atom. The third-order valence-electron chi connectivity index (χ3n) is 11.8. The van der Waals surface area contributed by atoms with Crippen molar-refractivity contribution in [1.82, 2.24) is 4.90 Å². The van der Waals surface area contributed by atoms with E-state index in [2.05, 4.69) is 0 Å². The number of fused-ring (bicyclic) bond motifs is 2. The summed E-state index contributed by atoms with van der Waals surface area (Å²) in [6.45, 7) is 7.30. The predicted molar refractivity (Wildman–Crippen MR) is 209 cm³/mol. The van der Waals surface area contributed by atoms with Gasteiger partial charge in [0.05, 0.1) is 31.4 Å². The molecule has 4 amide bonds. The van der Waals surface area contributed by atoms with Gasteiger partial charge in [0.25, 0.3) is 5.91 Å². The minimum absolute atomic E-state index is 0.0357. The fraction of sp³-hybridized carbons (Fsp3) is 0.476. The Bertz CT molecular complexity index is 1900. The third-order valence-corrected chi connectivity index (χ3v) is 14.3. The first kappa shape index (κ1) is 37.9. The number of rotatable bonds is 11. The highest BCUT2D eigenvalue weighted by molar-refractivity contribution is 6.71. The summed E-state index contributed by atoms with van der Waals surface area (Å²) in [5.74, 6) is -0.889. The summed E-state index contributed by atoms with van der Waals surface area (Å²) in [6.07, 6.45) is 3.66. The maximum Gasteiger partial charge on any atom is 0.264 e. The van der Waals surface area contributed by atoms with Gasteiger partial charge in [-0.2, -0.15) is 0 Å². The highest BCUT2D eigenvalue weighted by Gasteiger charge is 2.66. The molecule has 54 heavy (non-hydrogen) atoms. The molecule has 7 rings (SSSR count). The standard InChI is InChI=1S/C42H52N4O7Si/c1-29-40(54(2,3)52)36(26-39(50)43(22-23-47)27-30-12-5-4-6-13-30)53-42(29)34-25-33(45-21-10-8-17-38(45)49)18-19-35(34)46(41(42)51)28-31-14-11-15-32(24-31)44-20-9-7-16-37(44)48/h4-6,11-15,18-19,24-25,29,36,40,47,52H,7-10,16-17,20-23,26-28H2,1-3H3/t29-,36+,40-,42+/m1/s1. The number of aliphatic hydroxyl groups excluding tert-OH is 1. The molecule has 0 unspecified atom stereocenters. The van der Waals surface area contributed by atoms with Crippen LogP contribution >= 0.6 is 0 Å². The van der Waals surface area contributed by atoms with Gasteiger partial charge in [0.2, 0.25) is 17.7 Å². The van der Waals surface area contributed by atoms with Gasteiger partial charge in [-0.15, -0.1) is 0 Å². The lowest BCUT2D eigenvalue weighted by atomic mass is 9.82. The molecule has 286 valence electrons. The molecule has 0 bridgehead atoms. The normalized spacial score (nSPS) is 24.4. The molecule has 3 aromatic carbocycles. The molecule has 3 saturated heterocycles. The van der Waals surface area contributed by atoms with Crippen LogP contribution < -0.4 is 14.7 Å². The molecule has 4 heterocycles. The number of ether oxygens (including phenoxy) is 1. The summed E-state index contributed by atoms with van der Waals surface area (Å²) < 4.78 is 7.04. The molecular weight excluding hydrogens is 701 g/mol. The molecule has 4 aliphatic rings. The molecule has 0 aromatic heterocycles. The fourth-order valence-electron chi connectivity index (χ4n) is 9.27. The van der Waals surface area contributed by atoms with E-state index in [0.29, 0.717) is 49.4 Å². The van der Waals surface area contributed by atoms with Gasteiger partial charge in [0.1, 0.15) is 0 Å². The smallest absolute Gasteiger partial charge is 0.264 e. The Labute approximate surface area is 318 Å². The lowest BCUT2D eigenvalue weighted by Gasteiger charge is -2.33. The zero-order chi connectivity index (χ0) is 38.2. The van der Waals surface area contributed by atoms with Crippen LogP contribution in [-0.2, 0) is 42.6 Å². The van der Waals surface area contributed by atoms with Crippen molar-refractivity contribution in [1.29, 1.82) is 0 Å². The van der Waals surface area contributed by atoms with Crippen molar-refractivity contribution in [3.05, 3.63) is 89.5 Å². The number of anilines is 3. The second-order valence-electron chi connectivity index (χ2n) is 15.9. The Morgan fingerprint density at radius 3 is 2.15 bits per heavy atom. The van der Waals surface area contributed by atoms with E-state index in [1.54, 1.807) is 14.7 Å². The minimum atomic E-state index is -3.09. The summed E-state index contributed by atoms with van der Waals surface area (Å²) in [7, 11) is -3.09. The highest BCUT2D eigenvalue weighted by Crippen LogP contribution is 2.60. The van der Waals surface area contributed by atoms with Crippen LogP contribution in [0.4, 0.5) is 17.1 Å². The summed E-state index contributed by atoms with van der Waals surface area (Å²) >= 11 is 0. The number of hydrogen-bond donors (Lipinski definition) is 2. The van der Waals surface area contributed by atoms with Crippen molar-refractivity contribution in [3.63, 3.8) is 0 Å². The molecule has 4 atom stereocenters. The number of aliphatic hydroxyl groups is 1. The van der Waals surface area contributed by atoms with Crippen molar-refractivity contribution >= 4 is 49.0 Å². The summed E-state index contributed by atoms with van der Waals surface area (Å²) in [6, 6.07) is 23.0. The average Bonchev–Trinajstić information content (AvgIpc) is 3.58. The molecule has 2 N–H and O–H groups in total. The third kappa shape index (κ3) is 7.12. The molecule has 1 spiro atoms. The highest BCUT2D eigenvalue weighted by atomic mass is 28.4. The minimum Gasteiger partial charge on any atom is -0.432 e. The number of hydrogen-bond acceptors (Lipinski definition) is 7. The number of amides is 4. The van der Waals surface area contributed by atoms with E-state index in [4.69, 9.17) is 4.74 Å². The maximum atomic E-state index is 15.2. The number of carbonyl (C=O) groups excluding carboxylic acids is 4. The molecule has 0 radical (unpaired) electrons. The molecule has 11 nitrogen and oxygen atoms in total. The number of benzene rings is 3. The largest absolute Gasteiger partial charge is 0.432 e. The van der Waals surface area contributed by atoms with Crippen LogP contribution in [-0.4, -0.2) is 79.1 Å². The van der Waals surface area contributed by atoms with Crippen molar-refractivity contribution in [2.75, 3.05) is 40.9 Å². The summed E-state index contributed by atoms with van der Waals surface area (Å²) in [5.41, 5.74) is 2.56. The van der Waals surface area contributed by atoms with Crippen LogP contribution in [0.1, 0.15) is 68.6 Å². The number of carbonyl (C=O) groups is 4. The molecule has 4 aliphatic heterocycles. The van der Waals surface area contributed by atoms with E-state index in [0.717, 1.165) is 42.5 Å². The van der Waals surface area contributed by atoms with E-state index in [-0.39, 0.29) is 49.7 Å². The van der Waals surface area contributed by atoms with Crippen LogP contribution in [0.15, 0.2) is 72.8 Å². The monoisotopic (exact) mass is 752 g/mol. The fourth-order valence-corrected chi connectivity index (χ4v) is 11.8. The van der Waals surface area contributed by atoms with Gasteiger partial charge in [-0.3, -0.25) is 19.2 Å². The van der Waals surface area contributed by atoms with E-state index in [1.165, 1.54) is 0 Å². The second-order valence-corrected chi connectivity index (χ2v) is 19.8. The molecule has 3 fully saturated rings. The van der Waals surface area contributed by atoms with Gasteiger partial charge in [-0.1, -0.05) is 49.4 Å². The van der Waals surface area contributed by atoms with E-state index < -0.39 is 31.5 Å². The molecule has 3 aromatic rings. The first-order chi connectivity index (χ1) is 25.9. The van der Waals surface area contributed by atoms with Crippen LogP contribution in [0, 0.1) is 5.92 Å². The van der Waals surface area contributed by atoms with E-state index in [1.807, 2.05) is 97.7 Å². The topological polar surface area (TPSA) is 131 Å². The van der Waals surface area contributed by atoms with E-state index in [9.17, 15) is 24.3 Å². The number of piperidine rings is 2. The lowest BCUT2D eigenvalue weighted by Crippen LogP contribution is -2.46. The van der Waals surface area contributed by atoms with Crippen LogP contribution in [0.3, 0.4) is 0 Å². The predicted octanol–water partition coefficient (Wildman–Crippen LogP) is 5.48. The van der Waals surface area contributed by atoms with Crippen molar-refractivity contribution in [2.24, 2.45) is 5.92 Å². The maximum absolute atomic E-state index is 15.2.